The molecule has 0 aliphatic carbocycles. The standard InChI is InChI=1S/C22H20N2O6/c1-3-29-19-12-15(9-10-18(19)30-14(2)25)11-17-22(28)24(13-20(26)27)21(23-17)16-7-5-4-6-8-16/h4-12H,3,13H2,1-2H3,(H,26,27)/b17-11-. The van der Waals surface area contributed by atoms with Crippen LogP contribution in [0.3, 0.4) is 0 Å². The average molecular weight is 408 g/mol. The van der Waals surface area contributed by atoms with E-state index in [1.165, 1.54) is 13.0 Å². The zero-order chi connectivity index (χ0) is 21.7. The summed E-state index contributed by atoms with van der Waals surface area (Å²) in [5.74, 6) is -1.24. The highest BCUT2D eigenvalue weighted by Gasteiger charge is 2.32. The van der Waals surface area contributed by atoms with Gasteiger partial charge < -0.3 is 14.6 Å². The van der Waals surface area contributed by atoms with Crippen LogP contribution in [0.25, 0.3) is 6.08 Å². The molecule has 0 bridgehead atoms. The Morgan fingerprint density at radius 1 is 1.13 bits per heavy atom. The monoisotopic (exact) mass is 408 g/mol. The molecule has 2 aromatic carbocycles. The number of amides is 1. The van der Waals surface area contributed by atoms with Crippen molar-refractivity contribution in [2.45, 2.75) is 13.8 Å². The zero-order valence-electron chi connectivity index (χ0n) is 16.5. The van der Waals surface area contributed by atoms with E-state index in [1.54, 1.807) is 49.4 Å². The molecule has 3 rings (SSSR count). The van der Waals surface area contributed by atoms with Crippen LogP contribution in [0.5, 0.6) is 11.5 Å². The van der Waals surface area contributed by atoms with Gasteiger partial charge in [0.2, 0.25) is 0 Å². The molecular weight excluding hydrogens is 388 g/mol. The molecule has 8 nitrogen and oxygen atoms in total. The van der Waals surface area contributed by atoms with Crippen LogP contribution < -0.4 is 9.47 Å². The number of aliphatic carboxylic acids is 1. The molecule has 0 unspecified atom stereocenters. The Hall–Kier alpha value is -3.94. The molecule has 0 atom stereocenters. The molecule has 1 aliphatic rings. The van der Waals surface area contributed by atoms with E-state index in [0.717, 1.165) is 4.90 Å². The lowest BCUT2D eigenvalue weighted by atomic mass is 10.1. The summed E-state index contributed by atoms with van der Waals surface area (Å²) in [4.78, 5) is 40.9. The summed E-state index contributed by atoms with van der Waals surface area (Å²) in [7, 11) is 0. The number of carbonyl (C=O) groups is 3. The van der Waals surface area contributed by atoms with Gasteiger partial charge in [0.25, 0.3) is 5.91 Å². The van der Waals surface area contributed by atoms with Crippen molar-refractivity contribution in [1.29, 1.82) is 0 Å². The molecule has 30 heavy (non-hydrogen) atoms. The largest absolute Gasteiger partial charge is 0.490 e. The molecule has 1 heterocycles. The second-order valence-electron chi connectivity index (χ2n) is 6.35. The van der Waals surface area contributed by atoms with Crippen LogP contribution in [0.2, 0.25) is 0 Å². The van der Waals surface area contributed by atoms with E-state index in [4.69, 9.17) is 9.47 Å². The van der Waals surface area contributed by atoms with Crippen LogP contribution in [0.15, 0.2) is 59.2 Å². The van der Waals surface area contributed by atoms with Gasteiger partial charge in [0.05, 0.1) is 6.61 Å². The fourth-order valence-electron chi connectivity index (χ4n) is 2.92. The molecule has 8 heteroatoms. The van der Waals surface area contributed by atoms with Crippen molar-refractivity contribution < 1.29 is 29.0 Å². The number of carboxylic acids is 1. The Balaban J connectivity index is 2.00. The summed E-state index contributed by atoms with van der Waals surface area (Å²) in [5.41, 5.74) is 1.32. The molecule has 1 aliphatic heterocycles. The summed E-state index contributed by atoms with van der Waals surface area (Å²) >= 11 is 0. The van der Waals surface area contributed by atoms with Crippen LogP contribution in [-0.4, -0.2) is 46.8 Å². The number of rotatable bonds is 7. The second kappa shape index (κ2) is 9.04. The van der Waals surface area contributed by atoms with Crippen LogP contribution in [0, 0.1) is 0 Å². The first-order valence-corrected chi connectivity index (χ1v) is 9.23. The van der Waals surface area contributed by atoms with Gasteiger partial charge in [0, 0.05) is 12.5 Å². The minimum absolute atomic E-state index is 0.0952. The third kappa shape index (κ3) is 4.72. The topological polar surface area (TPSA) is 106 Å². The quantitative estimate of drug-likeness (QED) is 0.429. The number of aliphatic imine (C=N–C) groups is 1. The minimum atomic E-state index is -1.14. The van der Waals surface area contributed by atoms with Crippen LogP contribution in [0.4, 0.5) is 0 Å². The van der Waals surface area contributed by atoms with Gasteiger partial charge in [-0.3, -0.25) is 19.3 Å². The zero-order valence-corrected chi connectivity index (χ0v) is 16.5. The summed E-state index contributed by atoms with van der Waals surface area (Å²) in [6.45, 7) is 2.94. The lowest BCUT2D eigenvalue weighted by molar-refractivity contribution is -0.140. The summed E-state index contributed by atoms with van der Waals surface area (Å²) < 4.78 is 10.6. The molecule has 0 spiro atoms. The Bertz CT molecular complexity index is 1040. The molecule has 0 radical (unpaired) electrons. The van der Waals surface area contributed by atoms with Gasteiger partial charge in [0.1, 0.15) is 18.1 Å². The average Bonchev–Trinajstić information content (AvgIpc) is 3.00. The summed E-state index contributed by atoms with van der Waals surface area (Å²) in [5, 5.41) is 9.20. The highest BCUT2D eigenvalue weighted by Crippen LogP contribution is 2.30. The number of esters is 1. The Morgan fingerprint density at radius 2 is 1.87 bits per heavy atom. The van der Waals surface area contributed by atoms with Crippen LogP contribution in [-0.2, 0) is 14.4 Å². The van der Waals surface area contributed by atoms with Crippen molar-refractivity contribution in [1.82, 2.24) is 4.90 Å². The second-order valence-corrected chi connectivity index (χ2v) is 6.35. The van der Waals surface area contributed by atoms with Crippen molar-refractivity contribution in [2.24, 2.45) is 4.99 Å². The van der Waals surface area contributed by atoms with E-state index < -0.39 is 24.4 Å². The summed E-state index contributed by atoms with van der Waals surface area (Å²) in [6, 6.07) is 13.7. The molecule has 2 aromatic rings. The molecule has 0 saturated carbocycles. The van der Waals surface area contributed by atoms with E-state index in [1.807, 2.05) is 6.07 Å². The first-order chi connectivity index (χ1) is 14.4. The van der Waals surface area contributed by atoms with E-state index in [0.29, 0.717) is 23.5 Å². The molecule has 1 N–H and O–H groups in total. The lowest BCUT2D eigenvalue weighted by Crippen LogP contribution is -2.37. The number of carbonyl (C=O) groups excluding carboxylic acids is 2. The number of nitrogens with zero attached hydrogens (tertiary/aromatic N) is 2. The van der Waals surface area contributed by atoms with Crippen molar-refractivity contribution in [3.05, 3.63) is 65.4 Å². The van der Waals surface area contributed by atoms with Gasteiger partial charge in [0.15, 0.2) is 11.5 Å². The molecular formula is C22H20N2O6. The molecule has 1 amide bonds. The fraction of sp³-hybridized carbons (Fsp3) is 0.182. The maximum absolute atomic E-state index is 12.8. The predicted molar refractivity (Wildman–Crippen MR) is 109 cm³/mol. The smallest absolute Gasteiger partial charge is 0.323 e. The van der Waals surface area contributed by atoms with Crippen molar-refractivity contribution >= 4 is 29.8 Å². The normalized spacial score (nSPS) is 14.6. The maximum atomic E-state index is 12.8. The Kier molecular flexibility index (Phi) is 6.26. The lowest BCUT2D eigenvalue weighted by Gasteiger charge is -2.15. The minimum Gasteiger partial charge on any atom is -0.490 e. The SMILES string of the molecule is CCOc1cc(/C=C2\N=C(c3ccccc3)N(CC(=O)O)C2=O)ccc1OC(C)=O. The first-order valence-electron chi connectivity index (χ1n) is 9.23. The highest BCUT2D eigenvalue weighted by atomic mass is 16.6. The molecule has 0 saturated heterocycles. The van der Waals surface area contributed by atoms with E-state index in [9.17, 15) is 19.5 Å². The maximum Gasteiger partial charge on any atom is 0.323 e. The van der Waals surface area contributed by atoms with Crippen LogP contribution in [0.1, 0.15) is 25.0 Å². The van der Waals surface area contributed by atoms with Crippen LogP contribution >= 0.6 is 0 Å². The molecule has 0 aromatic heterocycles. The number of ether oxygens (including phenoxy) is 2. The van der Waals surface area contributed by atoms with E-state index in [-0.39, 0.29) is 17.3 Å². The number of carboxylic acid groups (broad SMARTS) is 1. The number of benzene rings is 2. The number of hydrogen-bond donors (Lipinski definition) is 1. The van der Waals surface area contributed by atoms with Crippen molar-refractivity contribution in [3.63, 3.8) is 0 Å². The van der Waals surface area contributed by atoms with Gasteiger partial charge in [-0.25, -0.2) is 4.99 Å². The van der Waals surface area contributed by atoms with Gasteiger partial charge in [-0.15, -0.1) is 0 Å². The summed E-state index contributed by atoms with van der Waals surface area (Å²) in [6.07, 6.45) is 1.53. The predicted octanol–water partition coefficient (Wildman–Crippen LogP) is 2.73. The van der Waals surface area contributed by atoms with Gasteiger partial charge in [-0.05, 0) is 30.7 Å². The van der Waals surface area contributed by atoms with E-state index >= 15 is 0 Å². The Labute approximate surface area is 173 Å². The van der Waals surface area contributed by atoms with Crippen molar-refractivity contribution in [2.75, 3.05) is 13.2 Å². The first kappa shape index (κ1) is 20.8. The molecule has 154 valence electrons. The van der Waals surface area contributed by atoms with Gasteiger partial charge in [-0.1, -0.05) is 36.4 Å². The van der Waals surface area contributed by atoms with Gasteiger partial charge >= 0.3 is 11.9 Å². The number of hydrogen-bond acceptors (Lipinski definition) is 6. The molecule has 0 fully saturated rings. The van der Waals surface area contributed by atoms with E-state index in [2.05, 4.69) is 4.99 Å². The van der Waals surface area contributed by atoms with Gasteiger partial charge in [-0.2, -0.15) is 0 Å². The van der Waals surface area contributed by atoms with Crippen molar-refractivity contribution in [3.8, 4) is 11.5 Å². The highest BCUT2D eigenvalue weighted by molar-refractivity contribution is 6.20. The third-order valence-corrected chi connectivity index (χ3v) is 4.10. The number of amidine groups is 1. The Morgan fingerprint density at radius 3 is 2.50 bits per heavy atom. The fourth-order valence-corrected chi connectivity index (χ4v) is 2.92. The third-order valence-electron chi connectivity index (χ3n) is 4.10.